The second kappa shape index (κ2) is 12.2. The van der Waals surface area contributed by atoms with Crippen LogP contribution in [0.15, 0.2) is 24.3 Å². The minimum absolute atomic E-state index is 0.817. The smallest absolute Gasteiger partial charge is 0.0466 e. The van der Waals surface area contributed by atoms with E-state index in [0.29, 0.717) is 0 Å². The summed E-state index contributed by atoms with van der Waals surface area (Å²) in [5.74, 6) is 0. The molecule has 20 heavy (non-hydrogen) atoms. The van der Waals surface area contributed by atoms with Gasteiger partial charge in [-0.1, -0.05) is 62.8 Å². The number of ether oxygens (including phenoxy) is 1. The Morgan fingerprint density at radius 3 is 2.05 bits per heavy atom. The zero-order valence-corrected chi connectivity index (χ0v) is 13.3. The highest BCUT2D eigenvalue weighted by Crippen LogP contribution is 2.12. The fourth-order valence-corrected chi connectivity index (χ4v) is 2.32. The molecule has 0 N–H and O–H groups in total. The van der Waals surface area contributed by atoms with Crippen LogP contribution in [-0.2, 0) is 11.2 Å². The molecule has 0 unspecified atom stereocenters. The Balaban J connectivity index is 1.84. The van der Waals surface area contributed by atoms with Crippen molar-refractivity contribution in [2.24, 2.45) is 0 Å². The molecule has 0 atom stereocenters. The van der Waals surface area contributed by atoms with E-state index in [1.54, 1.807) is 0 Å². The third-order valence-corrected chi connectivity index (χ3v) is 3.71. The van der Waals surface area contributed by atoms with Crippen LogP contribution in [0.25, 0.3) is 0 Å². The Morgan fingerprint density at radius 1 is 0.800 bits per heavy atom. The fourth-order valence-electron chi connectivity index (χ4n) is 2.20. The molecule has 0 saturated carbocycles. The van der Waals surface area contributed by atoms with Gasteiger partial charge in [-0.3, -0.25) is 0 Å². The quantitative estimate of drug-likeness (QED) is 0.439. The monoisotopic (exact) mass is 295 g/mol. The number of rotatable bonds is 12. The molecule has 0 saturated heterocycles. The van der Waals surface area contributed by atoms with Gasteiger partial charge < -0.3 is 4.74 Å². The van der Waals surface area contributed by atoms with E-state index < -0.39 is 0 Å². The summed E-state index contributed by atoms with van der Waals surface area (Å²) in [5.41, 5.74) is 1.38. The lowest BCUT2D eigenvalue weighted by atomic mass is 10.1. The molecule has 1 rings (SSSR count). The lowest BCUT2D eigenvalue weighted by Gasteiger charge is -2.05. The van der Waals surface area contributed by atoms with Crippen LogP contribution in [0.1, 0.15) is 56.9 Å². The van der Waals surface area contributed by atoms with Gasteiger partial charge in [0.2, 0.25) is 0 Å². The Labute approximate surface area is 129 Å². The Bertz CT molecular complexity index is 321. The van der Waals surface area contributed by atoms with Crippen molar-refractivity contribution in [2.45, 2.75) is 57.8 Å². The van der Waals surface area contributed by atoms with Crippen molar-refractivity contribution in [3.05, 3.63) is 41.8 Å². The molecule has 0 spiro atoms. The lowest BCUT2D eigenvalue weighted by Crippen LogP contribution is -1.97. The third-order valence-electron chi connectivity index (χ3n) is 3.46. The van der Waals surface area contributed by atoms with E-state index in [0.717, 1.165) is 31.1 Å². The van der Waals surface area contributed by atoms with Gasteiger partial charge in [0, 0.05) is 18.2 Å². The number of unbranched alkanes of at least 4 members (excludes halogenated alkanes) is 6. The average Bonchev–Trinajstić information content (AvgIpc) is 2.47. The van der Waals surface area contributed by atoms with E-state index in [-0.39, 0.29) is 0 Å². The fraction of sp³-hybridized carbons (Fsp3) is 0.611. The van der Waals surface area contributed by atoms with Crippen molar-refractivity contribution in [3.63, 3.8) is 0 Å². The van der Waals surface area contributed by atoms with Crippen molar-refractivity contribution in [1.82, 2.24) is 0 Å². The maximum atomic E-state index is 5.86. The van der Waals surface area contributed by atoms with Crippen molar-refractivity contribution in [1.29, 1.82) is 0 Å². The van der Waals surface area contributed by atoms with Gasteiger partial charge in [0.25, 0.3) is 0 Å². The highest BCUT2D eigenvalue weighted by Gasteiger charge is 1.95. The highest BCUT2D eigenvalue weighted by molar-refractivity contribution is 6.30. The van der Waals surface area contributed by atoms with E-state index in [4.69, 9.17) is 16.3 Å². The predicted molar refractivity (Wildman–Crippen MR) is 88.3 cm³/mol. The predicted octanol–water partition coefficient (Wildman–Crippen LogP) is 5.85. The molecule has 0 aliphatic carbocycles. The zero-order valence-electron chi connectivity index (χ0n) is 12.6. The van der Waals surface area contributed by atoms with E-state index in [1.165, 1.54) is 50.5 Å². The molecule has 0 aliphatic rings. The van der Waals surface area contributed by atoms with Gasteiger partial charge in [0.1, 0.15) is 0 Å². The van der Waals surface area contributed by atoms with Crippen LogP contribution in [0.4, 0.5) is 0 Å². The van der Waals surface area contributed by atoms with Crippen LogP contribution in [0.3, 0.4) is 0 Å². The summed E-state index contributed by atoms with van der Waals surface area (Å²) < 4.78 is 5.65. The van der Waals surface area contributed by atoms with Crippen LogP contribution >= 0.6 is 11.6 Å². The summed E-state index contributed by atoms with van der Waals surface area (Å²) in [6.45, 7) is 5.69. The minimum Gasteiger partial charge on any atom is -0.381 e. The van der Waals surface area contributed by atoms with Crippen LogP contribution in [0, 0.1) is 6.92 Å². The summed E-state index contributed by atoms with van der Waals surface area (Å²) >= 11 is 5.86. The van der Waals surface area contributed by atoms with Gasteiger partial charge in [-0.2, -0.15) is 0 Å². The Hall–Kier alpha value is -0.530. The molecule has 0 fully saturated rings. The molecule has 1 nitrogen and oxygen atoms in total. The molecule has 1 aromatic carbocycles. The normalized spacial score (nSPS) is 10.9. The molecule has 0 amide bonds. The van der Waals surface area contributed by atoms with Crippen molar-refractivity contribution >= 4 is 11.6 Å². The van der Waals surface area contributed by atoms with Crippen molar-refractivity contribution in [3.8, 4) is 0 Å². The van der Waals surface area contributed by atoms with Crippen LogP contribution in [-0.4, -0.2) is 13.2 Å². The first-order chi connectivity index (χ1) is 9.83. The van der Waals surface area contributed by atoms with Gasteiger partial charge in [-0.05, 0) is 43.4 Å². The topological polar surface area (TPSA) is 9.23 Å². The SMILES string of the molecule is [CH2]CCCCCCOCCCCCc1ccc(Cl)cc1. The highest BCUT2D eigenvalue weighted by atomic mass is 35.5. The van der Waals surface area contributed by atoms with Crippen LogP contribution < -0.4 is 0 Å². The summed E-state index contributed by atoms with van der Waals surface area (Å²) in [7, 11) is 0. The van der Waals surface area contributed by atoms with E-state index in [2.05, 4.69) is 19.1 Å². The molecule has 0 heterocycles. The maximum absolute atomic E-state index is 5.86. The minimum atomic E-state index is 0.817. The van der Waals surface area contributed by atoms with Gasteiger partial charge in [-0.15, -0.1) is 0 Å². The number of hydrogen-bond donors (Lipinski definition) is 0. The van der Waals surface area contributed by atoms with Crippen LogP contribution in [0.5, 0.6) is 0 Å². The molecular weight excluding hydrogens is 268 g/mol. The molecular formula is C18H28ClO. The molecule has 1 aromatic rings. The Kier molecular flexibility index (Phi) is 10.7. The van der Waals surface area contributed by atoms with Gasteiger partial charge in [-0.25, -0.2) is 0 Å². The molecule has 113 valence electrons. The largest absolute Gasteiger partial charge is 0.381 e. The van der Waals surface area contributed by atoms with E-state index in [1.807, 2.05) is 12.1 Å². The third kappa shape index (κ3) is 9.39. The first-order valence-corrected chi connectivity index (χ1v) is 8.32. The number of halogens is 1. The summed E-state index contributed by atoms with van der Waals surface area (Å²) in [5, 5.41) is 0.817. The molecule has 0 aliphatic heterocycles. The number of benzene rings is 1. The summed E-state index contributed by atoms with van der Waals surface area (Å²) in [4.78, 5) is 0. The number of hydrogen-bond acceptors (Lipinski definition) is 1. The van der Waals surface area contributed by atoms with Crippen molar-refractivity contribution in [2.75, 3.05) is 13.2 Å². The van der Waals surface area contributed by atoms with Gasteiger partial charge >= 0.3 is 0 Å². The second-order valence-electron chi connectivity index (χ2n) is 5.32. The summed E-state index contributed by atoms with van der Waals surface area (Å²) in [6.07, 6.45) is 10.9. The van der Waals surface area contributed by atoms with Crippen LogP contribution in [0.2, 0.25) is 5.02 Å². The van der Waals surface area contributed by atoms with E-state index in [9.17, 15) is 0 Å². The zero-order chi connectivity index (χ0) is 14.5. The van der Waals surface area contributed by atoms with E-state index >= 15 is 0 Å². The summed E-state index contributed by atoms with van der Waals surface area (Å²) in [6, 6.07) is 8.17. The van der Waals surface area contributed by atoms with Gasteiger partial charge in [0.15, 0.2) is 0 Å². The molecule has 1 radical (unpaired) electrons. The molecule has 0 aromatic heterocycles. The first kappa shape index (κ1) is 17.5. The Morgan fingerprint density at radius 2 is 1.40 bits per heavy atom. The molecule has 2 heteroatoms. The maximum Gasteiger partial charge on any atom is 0.0466 e. The molecule has 0 bridgehead atoms. The lowest BCUT2D eigenvalue weighted by molar-refractivity contribution is 0.126. The standard InChI is InChI=1S/C18H28ClO/c1-2-3-4-5-8-15-20-16-9-6-7-10-17-11-13-18(19)14-12-17/h11-14H,1-10,15-16H2. The first-order valence-electron chi connectivity index (χ1n) is 7.94. The second-order valence-corrected chi connectivity index (χ2v) is 5.75. The van der Waals surface area contributed by atoms with Gasteiger partial charge in [0.05, 0.1) is 0 Å². The average molecular weight is 296 g/mol. The van der Waals surface area contributed by atoms with Crippen molar-refractivity contribution < 1.29 is 4.74 Å². The number of aryl methyl sites for hydroxylation is 1.